The fourth-order valence-electron chi connectivity index (χ4n) is 3.68. The first-order valence-corrected chi connectivity index (χ1v) is 13.7. The molecule has 4 heteroatoms. The van der Waals surface area contributed by atoms with E-state index in [1.165, 1.54) is 135 Å². The Labute approximate surface area is 201 Å². The lowest BCUT2D eigenvalue weighted by molar-refractivity contribution is 0.254. The summed E-state index contributed by atoms with van der Waals surface area (Å²) in [6, 6.07) is 0. The van der Waals surface area contributed by atoms with Gasteiger partial charge in [0.15, 0.2) is 0 Å². The van der Waals surface area contributed by atoms with Crippen molar-refractivity contribution in [2.24, 2.45) is 0 Å². The van der Waals surface area contributed by atoms with Crippen molar-refractivity contribution in [3.63, 3.8) is 0 Å². The molecule has 0 bridgehead atoms. The number of halogens is 3. The molecule has 0 aromatic carbocycles. The van der Waals surface area contributed by atoms with E-state index in [2.05, 4.69) is 25.7 Å². The first-order valence-electron chi connectivity index (χ1n) is 12.6. The largest absolute Gasteiger partial charge is 0.303 e. The fraction of sp³-hybridized carbons (Fsp3) is 1.00. The third kappa shape index (κ3) is 33.7. The highest BCUT2D eigenvalue weighted by Gasteiger charge is 2.05. The van der Waals surface area contributed by atoms with Gasteiger partial charge in [-0.05, 0) is 38.9 Å². The molecule has 0 aromatic rings. The van der Waals surface area contributed by atoms with Crippen LogP contribution in [-0.2, 0) is 0 Å². The quantitative estimate of drug-likeness (QED) is 0.118. The SMILES string of the molecule is CCCCCCCCN(CCCCCCCC)CCCCCCCC.Cl.ClCCl. The molecular formula is C25H54Cl3N. The summed E-state index contributed by atoms with van der Waals surface area (Å²) in [7, 11) is 0. The van der Waals surface area contributed by atoms with E-state index in [0.29, 0.717) is 0 Å². The fourth-order valence-corrected chi connectivity index (χ4v) is 3.68. The van der Waals surface area contributed by atoms with E-state index >= 15 is 0 Å². The van der Waals surface area contributed by atoms with E-state index in [1.807, 2.05) is 0 Å². The minimum atomic E-state index is 0. The summed E-state index contributed by atoms with van der Waals surface area (Å²) in [5.74, 6) is 0. The maximum absolute atomic E-state index is 4.76. The highest BCUT2D eigenvalue weighted by Crippen LogP contribution is 2.11. The van der Waals surface area contributed by atoms with Crippen molar-refractivity contribution in [2.45, 2.75) is 136 Å². The molecule has 0 spiro atoms. The third-order valence-electron chi connectivity index (χ3n) is 5.48. The molecule has 0 atom stereocenters. The summed E-state index contributed by atoms with van der Waals surface area (Å²) in [5.41, 5.74) is 0. The molecule has 0 N–H and O–H groups in total. The maximum atomic E-state index is 4.76. The maximum Gasteiger partial charge on any atom is 0.0967 e. The molecule has 0 aliphatic heterocycles. The molecule has 0 aromatic heterocycles. The molecule has 0 amide bonds. The lowest BCUT2D eigenvalue weighted by atomic mass is 10.1. The van der Waals surface area contributed by atoms with Gasteiger partial charge in [-0.1, -0.05) is 117 Å². The summed E-state index contributed by atoms with van der Waals surface area (Å²) < 4.78 is 0. The molecule has 0 aliphatic carbocycles. The van der Waals surface area contributed by atoms with E-state index in [1.54, 1.807) is 0 Å². The van der Waals surface area contributed by atoms with Crippen molar-refractivity contribution in [3.8, 4) is 0 Å². The van der Waals surface area contributed by atoms with Crippen LogP contribution in [-0.4, -0.2) is 29.9 Å². The van der Waals surface area contributed by atoms with Crippen LogP contribution in [0.15, 0.2) is 0 Å². The summed E-state index contributed by atoms with van der Waals surface area (Å²) in [6.45, 7) is 11.0. The molecule has 0 heterocycles. The van der Waals surface area contributed by atoms with E-state index in [4.69, 9.17) is 23.2 Å². The van der Waals surface area contributed by atoms with Gasteiger partial charge < -0.3 is 4.90 Å². The number of hydrogen-bond donors (Lipinski definition) is 0. The second kappa shape index (κ2) is 33.5. The van der Waals surface area contributed by atoms with Crippen LogP contribution in [0.4, 0.5) is 0 Å². The number of rotatable bonds is 21. The van der Waals surface area contributed by atoms with E-state index in [9.17, 15) is 0 Å². The molecular weight excluding hydrogens is 421 g/mol. The lowest BCUT2D eigenvalue weighted by Crippen LogP contribution is -2.27. The Balaban J connectivity index is -0.00000158. The second-order valence-corrected chi connectivity index (χ2v) is 9.05. The Morgan fingerprint density at radius 2 is 0.621 bits per heavy atom. The smallest absolute Gasteiger partial charge is 0.0967 e. The van der Waals surface area contributed by atoms with Gasteiger partial charge in [0.1, 0.15) is 0 Å². The molecule has 0 rings (SSSR count). The molecule has 0 fully saturated rings. The third-order valence-corrected chi connectivity index (χ3v) is 5.48. The average Bonchev–Trinajstić information content (AvgIpc) is 2.69. The van der Waals surface area contributed by atoms with Crippen molar-refractivity contribution >= 4 is 35.6 Å². The summed E-state index contributed by atoms with van der Waals surface area (Å²) in [4.78, 5) is 2.79. The number of unbranched alkanes of at least 4 members (excludes halogenated alkanes) is 15. The van der Waals surface area contributed by atoms with Gasteiger partial charge in [-0.25, -0.2) is 0 Å². The Morgan fingerprint density at radius 3 is 0.862 bits per heavy atom. The molecule has 1 nitrogen and oxygen atoms in total. The molecule has 0 saturated heterocycles. The normalized spacial score (nSPS) is 10.6. The molecule has 29 heavy (non-hydrogen) atoms. The lowest BCUT2D eigenvalue weighted by Gasteiger charge is -2.22. The predicted molar refractivity (Wildman–Crippen MR) is 140 cm³/mol. The van der Waals surface area contributed by atoms with Crippen LogP contribution in [0.3, 0.4) is 0 Å². The first-order chi connectivity index (χ1) is 13.8. The summed E-state index contributed by atoms with van der Waals surface area (Å²) >= 11 is 9.53. The van der Waals surface area contributed by atoms with Crippen LogP contribution >= 0.6 is 35.6 Å². The van der Waals surface area contributed by atoms with Gasteiger partial charge in [-0.2, -0.15) is 0 Å². The Kier molecular flexibility index (Phi) is 39.7. The first kappa shape index (κ1) is 34.4. The van der Waals surface area contributed by atoms with E-state index < -0.39 is 0 Å². The van der Waals surface area contributed by atoms with Crippen molar-refractivity contribution in [1.82, 2.24) is 4.90 Å². The Morgan fingerprint density at radius 1 is 0.414 bits per heavy atom. The number of nitrogens with zero attached hydrogens (tertiary/aromatic N) is 1. The minimum absolute atomic E-state index is 0. The molecule has 0 unspecified atom stereocenters. The second-order valence-electron chi connectivity index (χ2n) is 8.25. The van der Waals surface area contributed by atoms with Crippen molar-refractivity contribution in [3.05, 3.63) is 0 Å². The molecule has 0 saturated carbocycles. The zero-order chi connectivity index (χ0) is 21.1. The summed E-state index contributed by atoms with van der Waals surface area (Å²) in [6.07, 6.45) is 25.7. The minimum Gasteiger partial charge on any atom is -0.303 e. The molecule has 0 aliphatic rings. The van der Waals surface area contributed by atoms with Crippen LogP contribution in [0.2, 0.25) is 0 Å². The van der Waals surface area contributed by atoms with Crippen molar-refractivity contribution in [2.75, 3.05) is 25.0 Å². The van der Waals surface area contributed by atoms with Gasteiger partial charge in [0.2, 0.25) is 0 Å². The van der Waals surface area contributed by atoms with Crippen LogP contribution in [0.25, 0.3) is 0 Å². The van der Waals surface area contributed by atoms with Gasteiger partial charge in [-0.3, -0.25) is 0 Å². The van der Waals surface area contributed by atoms with Crippen LogP contribution in [0, 0.1) is 0 Å². The molecule has 0 radical (unpaired) electrons. The van der Waals surface area contributed by atoms with Gasteiger partial charge in [0.05, 0.1) is 5.34 Å². The molecule has 180 valence electrons. The van der Waals surface area contributed by atoms with Gasteiger partial charge in [0.25, 0.3) is 0 Å². The number of hydrogen-bond acceptors (Lipinski definition) is 1. The van der Waals surface area contributed by atoms with E-state index in [0.717, 1.165) is 0 Å². The van der Waals surface area contributed by atoms with Gasteiger partial charge in [-0.15, -0.1) is 35.6 Å². The van der Waals surface area contributed by atoms with Crippen molar-refractivity contribution < 1.29 is 0 Å². The number of alkyl halides is 2. The highest BCUT2D eigenvalue weighted by molar-refractivity contribution is 6.40. The van der Waals surface area contributed by atoms with Crippen LogP contribution in [0.5, 0.6) is 0 Å². The topological polar surface area (TPSA) is 3.24 Å². The monoisotopic (exact) mass is 473 g/mol. The predicted octanol–water partition coefficient (Wildman–Crippen LogP) is 10.2. The Hall–Kier alpha value is 0.830. The average molecular weight is 475 g/mol. The zero-order valence-corrected chi connectivity index (χ0v) is 22.5. The van der Waals surface area contributed by atoms with Crippen LogP contribution in [0.1, 0.15) is 136 Å². The standard InChI is InChI=1S/C24H51N.CH2Cl2.ClH/c1-4-7-10-13-16-19-22-25(23-20-17-14-11-8-5-2)24-21-18-15-12-9-6-3;2-1-3;/h4-24H2,1-3H3;1H2;1H. The van der Waals surface area contributed by atoms with Gasteiger partial charge in [0, 0.05) is 0 Å². The van der Waals surface area contributed by atoms with E-state index in [-0.39, 0.29) is 17.7 Å². The Bertz CT molecular complexity index is 214. The van der Waals surface area contributed by atoms with Crippen LogP contribution < -0.4 is 0 Å². The van der Waals surface area contributed by atoms with Crippen molar-refractivity contribution in [1.29, 1.82) is 0 Å². The summed E-state index contributed by atoms with van der Waals surface area (Å²) in [5, 5.41) is 0.194. The zero-order valence-electron chi connectivity index (χ0n) is 20.2. The highest BCUT2D eigenvalue weighted by atomic mass is 35.5. The van der Waals surface area contributed by atoms with Gasteiger partial charge >= 0.3 is 0 Å².